The molecule has 0 bridgehead atoms. The summed E-state index contributed by atoms with van der Waals surface area (Å²) in [5.41, 5.74) is 7.29. The highest BCUT2D eigenvalue weighted by atomic mass is 32.1. The Morgan fingerprint density at radius 2 is 2.33 bits per heavy atom. The first kappa shape index (κ1) is 14.0. The van der Waals surface area contributed by atoms with Gasteiger partial charge in [-0.3, -0.25) is 0 Å². The second kappa shape index (κ2) is 6.69. The highest BCUT2D eigenvalue weighted by molar-refractivity contribution is 7.07. The van der Waals surface area contributed by atoms with E-state index in [0.717, 1.165) is 18.4 Å². The predicted molar refractivity (Wildman–Crippen MR) is 77.8 cm³/mol. The quantitative estimate of drug-likeness (QED) is 0.876. The lowest BCUT2D eigenvalue weighted by molar-refractivity contribution is 0.00416. The molecule has 0 amide bonds. The second-order valence-corrected chi connectivity index (χ2v) is 6.59. The smallest absolute Gasteiger partial charge is 0.0981 e. The van der Waals surface area contributed by atoms with E-state index < -0.39 is 0 Å². The number of hydrogen-bond donors (Lipinski definition) is 1. The summed E-state index contributed by atoms with van der Waals surface area (Å²) in [4.78, 5) is 0. The summed E-state index contributed by atoms with van der Waals surface area (Å²) in [5, 5.41) is 4.24. The van der Waals surface area contributed by atoms with Crippen LogP contribution in [0.2, 0.25) is 0 Å². The van der Waals surface area contributed by atoms with Crippen LogP contribution in [0.1, 0.15) is 51.2 Å². The molecule has 18 heavy (non-hydrogen) atoms. The first-order chi connectivity index (χ1) is 8.66. The Morgan fingerprint density at radius 3 is 2.94 bits per heavy atom. The monoisotopic (exact) mass is 267 g/mol. The summed E-state index contributed by atoms with van der Waals surface area (Å²) in [6, 6.07) is 2.18. The van der Waals surface area contributed by atoms with Gasteiger partial charge in [-0.05, 0) is 54.0 Å². The maximum atomic E-state index is 6.12. The maximum Gasteiger partial charge on any atom is 0.0981 e. The molecule has 4 atom stereocenters. The molecule has 3 heteroatoms. The zero-order valence-electron chi connectivity index (χ0n) is 11.5. The van der Waals surface area contributed by atoms with Crippen LogP contribution in [0.5, 0.6) is 0 Å². The fourth-order valence-electron chi connectivity index (χ4n) is 2.94. The van der Waals surface area contributed by atoms with E-state index in [2.05, 4.69) is 23.8 Å². The Kier molecular flexibility index (Phi) is 5.22. The van der Waals surface area contributed by atoms with Gasteiger partial charge in [0.15, 0.2) is 0 Å². The molecule has 2 nitrogen and oxygen atoms in total. The van der Waals surface area contributed by atoms with Crippen molar-refractivity contribution in [3.63, 3.8) is 0 Å². The van der Waals surface area contributed by atoms with Crippen molar-refractivity contribution in [2.75, 3.05) is 6.61 Å². The van der Waals surface area contributed by atoms with Crippen LogP contribution in [-0.4, -0.2) is 12.6 Å². The van der Waals surface area contributed by atoms with Gasteiger partial charge in [0.25, 0.3) is 0 Å². The molecule has 1 fully saturated rings. The lowest BCUT2D eigenvalue weighted by Gasteiger charge is -2.29. The molecule has 0 aliphatic heterocycles. The molecular weight excluding hydrogens is 242 g/mol. The molecule has 0 aromatic carbocycles. The van der Waals surface area contributed by atoms with Crippen LogP contribution in [0.4, 0.5) is 0 Å². The van der Waals surface area contributed by atoms with E-state index >= 15 is 0 Å². The fourth-order valence-corrected chi connectivity index (χ4v) is 3.62. The van der Waals surface area contributed by atoms with Gasteiger partial charge in [-0.1, -0.05) is 19.8 Å². The summed E-state index contributed by atoms with van der Waals surface area (Å²) < 4.78 is 6.12. The van der Waals surface area contributed by atoms with Crippen LogP contribution < -0.4 is 5.73 Å². The zero-order valence-corrected chi connectivity index (χ0v) is 12.3. The minimum Gasteiger partial charge on any atom is -0.372 e. The molecule has 1 heterocycles. The van der Waals surface area contributed by atoms with Crippen LogP contribution in [-0.2, 0) is 4.74 Å². The summed E-state index contributed by atoms with van der Waals surface area (Å²) in [6.07, 6.45) is 5.44. The zero-order chi connectivity index (χ0) is 13.0. The molecule has 0 spiro atoms. The largest absolute Gasteiger partial charge is 0.372 e. The molecule has 0 radical (unpaired) electrons. The van der Waals surface area contributed by atoms with Crippen molar-refractivity contribution in [2.45, 2.75) is 51.7 Å². The Bertz CT molecular complexity index is 336. The van der Waals surface area contributed by atoms with Crippen LogP contribution in [0.15, 0.2) is 16.8 Å². The van der Waals surface area contributed by atoms with Gasteiger partial charge in [-0.2, -0.15) is 11.3 Å². The Hall–Kier alpha value is -0.380. The van der Waals surface area contributed by atoms with Gasteiger partial charge in [-0.15, -0.1) is 0 Å². The minimum absolute atomic E-state index is 0.0561. The van der Waals surface area contributed by atoms with Gasteiger partial charge in [0, 0.05) is 6.04 Å². The molecule has 1 saturated carbocycles. The van der Waals surface area contributed by atoms with Gasteiger partial charge in [0.05, 0.1) is 12.7 Å². The van der Waals surface area contributed by atoms with Gasteiger partial charge < -0.3 is 10.5 Å². The molecule has 0 saturated heterocycles. The topological polar surface area (TPSA) is 35.2 Å². The van der Waals surface area contributed by atoms with E-state index in [0.29, 0.717) is 0 Å². The average molecular weight is 267 g/mol. The third-order valence-electron chi connectivity index (χ3n) is 3.91. The highest BCUT2D eigenvalue weighted by Crippen LogP contribution is 2.31. The summed E-state index contributed by atoms with van der Waals surface area (Å²) in [7, 11) is 0. The number of thiophene rings is 1. The molecule has 1 aliphatic rings. The number of hydrogen-bond acceptors (Lipinski definition) is 3. The van der Waals surface area contributed by atoms with Crippen molar-refractivity contribution in [1.29, 1.82) is 0 Å². The van der Waals surface area contributed by atoms with E-state index in [1.54, 1.807) is 11.3 Å². The molecule has 2 rings (SSSR count). The van der Waals surface area contributed by atoms with E-state index in [4.69, 9.17) is 10.5 Å². The Balaban J connectivity index is 1.86. The number of nitrogens with two attached hydrogens (primary N) is 1. The molecule has 2 N–H and O–H groups in total. The normalized spacial score (nSPS) is 27.9. The predicted octanol–water partition coefficient (Wildman–Crippen LogP) is 3.98. The van der Waals surface area contributed by atoms with E-state index in [-0.39, 0.29) is 12.1 Å². The van der Waals surface area contributed by atoms with Gasteiger partial charge in [0.2, 0.25) is 0 Å². The number of rotatable bonds is 5. The van der Waals surface area contributed by atoms with Crippen molar-refractivity contribution >= 4 is 11.3 Å². The van der Waals surface area contributed by atoms with E-state index in [9.17, 15) is 0 Å². The number of ether oxygens (including phenoxy) is 1. The van der Waals surface area contributed by atoms with Crippen LogP contribution >= 0.6 is 11.3 Å². The Labute approximate surface area is 115 Å². The molecule has 102 valence electrons. The summed E-state index contributed by atoms with van der Waals surface area (Å²) in [5.74, 6) is 1.59. The summed E-state index contributed by atoms with van der Waals surface area (Å²) in [6.45, 7) is 5.26. The molecule has 4 unspecified atom stereocenters. The van der Waals surface area contributed by atoms with Crippen LogP contribution in [0.25, 0.3) is 0 Å². The SMILES string of the molecule is CC1CCCC(COC(c2ccsc2)C(C)N)C1. The van der Waals surface area contributed by atoms with Gasteiger partial charge >= 0.3 is 0 Å². The van der Waals surface area contributed by atoms with E-state index in [1.165, 1.54) is 31.2 Å². The molecular formula is C15H25NOS. The van der Waals surface area contributed by atoms with Crippen molar-refractivity contribution in [3.05, 3.63) is 22.4 Å². The average Bonchev–Trinajstić information content (AvgIpc) is 2.82. The van der Waals surface area contributed by atoms with Crippen molar-refractivity contribution in [3.8, 4) is 0 Å². The van der Waals surface area contributed by atoms with Crippen LogP contribution in [0, 0.1) is 11.8 Å². The molecule has 1 aliphatic carbocycles. The lowest BCUT2D eigenvalue weighted by Crippen LogP contribution is -2.29. The molecule has 1 aromatic heterocycles. The van der Waals surface area contributed by atoms with Gasteiger partial charge in [0.1, 0.15) is 0 Å². The standard InChI is InChI=1S/C15H25NOS/c1-11-4-3-5-13(8-11)9-17-15(12(2)16)14-6-7-18-10-14/h6-7,10-13,15H,3-5,8-9,16H2,1-2H3. The Morgan fingerprint density at radius 1 is 1.50 bits per heavy atom. The minimum atomic E-state index is 0.0561. The van der Waals surface area contributed by atoms with Crippen molar-refractivity contribution in [2.24, 2.45) is 17.6 Å². The van der Waals surface area contributed by atoms with E-state index in [1.807, 2.05) is 6.92 Å². The van der Waals surface area contributed by atoms with Crippen molar-refractivity contribution in [1.82, 2.24) is 0 Å². The third kappa shape index (κ3) is 3.81. The van der Waals surface area contributed by atoms with Gasteiger partial charge in [-0.25, -0.2) is 0 Å². The first-order valence-corrected chi connectivity index (χ1v) is 8.00. The second-order valence-electron chi connectivity index (χ2n) is 5.81. The molecule has 1 aromatic rings. The lowest BCUT2D eigenvalue weighted by atomic mass is 9.83. The third-order valence-corrected chi connectivity index (χ3v) is 4.61. The van der Waals surface area contributed by atoms with Crippen LogP contribution in [0.3, 0.4) is 0 Å². The van der Waals surface area contributed by atoms with Crippen molar-refractivity contribution < 1.29 is 4.74 Å². The maximum absolute atomic E-state index is 6.12. The fraction of sp³-hybridized carbons (Fsp3) is 0.733. The first-order valence-electron chi connectivity index (χ1n) is 7.06. The summed E-state index contributed by atoms with van der Waals surface area (Å²) >= 11 is 1.71. The highest BCUT2D eigenvalue weighted by Gasteiger charge is 2.23.